The van der Waals surface area contributed by atoms with Gasteiger partial charge in [-0.25, -0.2) is 0 Å². The van der Waals surface area contributed by atoms with E-state index < -0.39 is 0 Å². The zero-order valence-electron chi connectivity index (χ0n) is 6.75. The number of furan rings is 1. The van der Waals surface area contributed by atoms with E-state index in [4.69, 9.17) is 10.2 Å². The first-order chi connectivity index (χ1) is 5.83. The van der Waals surface area contributed by atoms with Gasteiger partial charge in [0.15, 0.2) is 0 Å². The summed E-state index contributed by atoms with van der Waals surface area (Å²) in [7, 11) is 0. The average molecular weight is 168 g/mol. The van der Waals surface area contributed by atoms with Crippen molar-refractivity contribution in [2.24, 2.45) is 5.73 Å². The highest BCUT2D eigenvalue weighted by Crippen LogP contribution is 1.98. The molecule has 1 aromatic heterocycles. The molecule has 0 atom stereocenters. The molecular formula is C8H12N2O2. The van der Waals surface area contributed by atoms with Gasteiger partial charge < -0.3 is 15.5 Å². The predicted molar refractivity (Wildman–Crippen MR) is 44.5 cm³/mol. The zero-order chi connectivity index (χ0) is 8.81. The van der Waals surface area contributed by atoms with Crippen molar-refractivity contribution in [2.75, 3.05) is 13.1 Å². The summed E-state index contributed by atoms with van der Waals surface area (Å²) in [5.41, 5.74) is 5.10. The van der Waals surface area contributed by atoms with E-state index >= 15 is 0 Å². The smallest absolute Gasteiger partial charge is 0.233 e. The molecule has 0 aromatic carbocycles. The zero-order valence-corrected chi connectivity index (χ0v) is 6.75. The highest BCUT2D eigenvalue weighted by Gasteiger charge is 1.97. The molecule has 1 rings (SSSR count). The fourth-order valence-electron chi connectivity index (χ4n) is 0.852. The number of hydrogen-bond acceptors (Lipinski definition) is 3. The summed E-state index contributed by atoms with van der Waals surface area (Å²) in [5.74, 6) is 0.730. The Morgan fingerprint density at radius 3 is 3.08 bits per heavy atom. The van der Waals surface area contributed by atoms with Crippen LogP contribution in [0.3, 0.4) is 0 Å². The second-order valence-corrected chi connectivity index (χ2v) is 2.38. The summed E-state index contributed by atoms with van der Waals surface area (Å²) in [6.07, 6.45) is 2.32. The van der Waals surface area contributed by atoms with Crippen LogP contribution in [-0.4, -0.2) is 19.0 Å². The fraction of sp³-hybridized carbons (Fsp3) is 0.375. The lowest BCUT2D eigenvalue weighted by Gasteiger charge is -2.00. The lowest BCUT2D eigenvalue weighted by molar-refractivity contribution is -0.119. The summed E-state index contributed by atoms with van der Waals surface area (Å²) >= 11 is 0. The first kappa shape index (κ1) is 8.80. The van der Waals surface area contributed by atoms with Crippen LogP contribution in [0.4, 0.5) is 0 Å². The number of carbonyl (C=O) groups is 1. The van der Waals surface area contributed by atoms with E-state index in [9.17, 15) is 4.79 Å². The Hall–Kier alpha value is -1.29. The molecule has 0 bridgehead atoms. The second-order valence-electron chi connectivity index (χ2n) is 2.38. The molecule has 0 saturated carbocycles. The van der Waals surface area contributed by atoms with Crippen molar-refractivity contribution < 1.29 is 9.21 Å². The van der Waals surface area contributed by atoms with Crippen LogP contribution in [-0.2, 0) is 11.2 Å². The van der Waals surface area contributed by atoms with Crippen molar-refractivity contribution in [3.8, 4) is 0 Å². The maximum Gasteiger partial charge on any atom is 0.233 e. The summed E-state index contributed by atoms with van der Waals surface area (Å²) in [4.78, 5) is 10.7. The SMILES string of the molecule is NCC(=O)NCCc1ccco1. The molecule has 0 fully saturated rings. The van der Waals surface area contributed by atoms with Crippen LogP contribution in [0.5, 0.6) is 0 Å². The van der Waals surface area contributed by atoms with Gasteiger partial charge >= 0.3 is 0 Å². The molecule has 0 unspecified atom stereocenters. The van der Waals surface area contributed by atoms with Gasteiger partial charge in [0, 0.05) is 13.0 Å². The van der Waals surface area contributed by atoms with Crippen LogP contribution in [0.2, 0.25) is 0 Å². The lowest BCUT2D eigenvalue weighted by atomic mass is 10.3. The van der Waals surface area contributed by atoms with Gasteiger partial charge in [0.05, 0.1) is 12.8 Å². The molecule has 0 aliphatic heterocycles. The van der Waals surface area contributed by atoms with Crippen molar-refractivity contribution in [1.29, 1.82) is 0 Å². The molecule has 4 heteroatoms. The standard InChI is InChI=1S/C8H12N2O2/c9-6-8(11)10-4-3-7-2-1-5-12-7/h1-2,5H,3-4,6,9H2,(H,10,11). The minimum Gasteiger partial charge on any atom is -0.469 e. The molecule has 0 radical (unpaired) electrons. The van der Waals surface area contributed by atoms with Gasteiger partial charge in [-0.05, 0) is 12.1 Å². The highest BCUT2D eigenvalue weighted by molar-refractivity contribution is 5.77. The Kier molecular flexibility index (Phi) is 3.35. The van der Waals surface area contributed by atoms with E-state index in [-0.39, 0.29) is 12.5 Å². The van der Waals surface area contributed by atoms with Crippen molar-refractivity contribution in [2.45, 2.75) is 6.42 Å². The number of nitrogens with two attached hydrogens (primary N) is 1. The van der Waals surface area contributed by atoms with Crippen LogP contribution >= 0.6 is 0 Å². The fourth-order valence-corrected chi connectivity index (χ4v) is 0.852. The molecule has 4 nitrogen and oxygen atoms in total. The third kappa shape index (κ3) is 2.75. The van der Waals surface area contributed by atoms with Crippen LogP contribution in [0.25, 0.3) is 0 Å². The number of carbonyl (C=O) groups excluding carboxylic acids is 1. The molecule has 1 amide bonds. The van der Waals surface area contributed by atoms with Gasteiger partial charge in [0.2, 0.25) is 5.91 Å². The van der Waals surface area contributed by atoms with E-state index in [2.05, 4.69) is 5.32 Å². The largest absolute Gasteiger partial charge is 0.469 e. The Labute approximate surface area is 70.7 Å². The van der Waals surface area contributed by atoms with Crippen molar-refractivity contribution >= 4 is 5.91 Å². The number of nitrogens with one attached hydrogen (secondary N) is 1. The summed E-state index contributed by atoms with van der Waals surface area (Å²) < 4.78 is 5.07. The van der Waals surface area contributed by atoms with E-state index in [1.165, 1.54) is 0 Å². The van der Waals surface area contributed by atoms with E-state index in [1.54, 1.807) is 6.26 Å². The summed E-state index contributed by atoms with van der Waals surface area (Å²) in [5, 5.41) is 2.65. The molecular weight excluding hydrogens is 156 g/mol. The molecule has 3 N–H and O–H groups in total. The molecule has 12 heavy (non-hydrogen) atoms. The molecule has 0 spiro atoms. The molecule has 1 aromatic rings. The molecule has 0 aliphatic carbocycles. The topological polar surface area (TPSA) is 68.3 Å². The Morgan fingerprint density at radius 2 is 2.50 bits per heavy atom. The van der Waals surface area contributed by atoms with Gasteiger partial charge in [0.25, 0.3) is 0 Å². The summed E-state index contributed by atoms with van der Waals surface area (Å²) in [6, 6.07) is 3.69. The van der Waals surface area contributed by atoms with Gasteiger partial charge in [0.1, 0.15) is 5.76 Å². The van der Waals surface area contributed by atoms with Crippen LogP contribution in [0.1, 0.15) is 5.76 Å². The van der Waals surface area contributed by atoms with Gasteiger partial charge in [-0.15, -0.1) is 0 Å². The number of hydrogen-bond donors (Lipinski definition) is 2. The van der Waals surface area contributed by atoms with Crippen molar-refractivity contribution in [3.05, 3.63) is 24.2 Å². The van der Waals surface area contributed by atoms with Gasteiger partial charge in [-0.1, -0.05) is 0 Å². The predicted octanol–water partition coefficient (Wildman–Crippen LogP) is -0.103. The molecule has 0 aliphatic rings. The normalized spacial score (nSPS) is 9.75. The molecule has 66 valence electrons. The minimum absolute atomic E-state index is 0.0398. The third-order valence-corrected chi connectivity index (χ3v) is 1.46. The minimum atomic E-state index is -0.137. The maximum atomic E-state index is 10.7. The first-order valence-electron chi connectivity index (χ1n) is 3.82. The molecule has 0 saturated heterocycles. The van der Waals surface area contributed by atoms with Gasteiger partial charge in [-0.2, -0.15) is 0 Å². The average Bonchev–Trinajstić information content (AvgIpc) is 2.57. The maximum absolute atomic E-state index is 10.7. The number of rotatable bonds is 4. The van der Waals surface area contributed by atoms with Crippen LogP contribution in [0.15, 0.2) is 22.8 Å². The Morgan fingerprint density at radius 1 is 1.67 bits per heavy atom. The second kappa shape index (κ2) is 4.56. The first-order valence-corrected chi connectivity index (χ1v) is 3.82. The Bertz CT molecular complexity index is 231. The third-order valence-electron chi connectivity index (χ3n) is 1.46. The monoisotopic (exact) mass is 168 g/mol. The quantitative estimate of drug-likeness (QED) is 0.659. The van der Waals surface area contributed by atoms with Crippen LogP contribution < -0.4 is 11.1 Å². The Balaban J connectivity index is 2.15. The molecule has 1 heterocycles. The van der Waals surface area contributed by atoms with Gasteiger partial charge in [-0.3, -0.25) is 4.79 Å². The highest BCUT2D eigenvalue weighted by atomic mass is 16.3. The number of amides is 1. The van der Waals surface area contributed by atoms with Crippen molar-refractivity contribution in [3.63, 3.8) is 0 Å². The lowest BCUT2D eigenvalue weighted by Crippen LogP contribution is -2.31. The summed E-state index contributed by atoms with van der Waals surface area (Å²) in [6.45, 7) is 0.613. The van der Waals surface area contributed by atoms with E-state index in [0.29, 0.717) is 13.0 Å². The van der Waals surface area contributed by atoms with Crippen molar-refractivity contribution in [1.82, 2.24) is 5.32 Å². The van der Waals surface area contributed by atoms with E-state index in [1.807, 2.05) is 12.1 Å². The van der Waals surface area contributed by atoms with Crippen LogP contribution in [0, 0.1) is 0 Å². The van der Waals surface area contributed by atoms with E-state index in [0.717, 1.165) is 5.76 Å².